The Morgan fingerprint density at radius 2 is 2.16 bits per heavy atom. The Hall–Kier alpha value is -1.43. The van der Waals surface area contributed by atoms with Crippen molar-refractivity contribution in [3.05, 3.63) is 11.6 Å². The molecule has 19 heavy (non-hydrogen) atoms. The highest BCUT2D eigenvalue weighted by atomic mass is 32.1. The largest absolute Gasteiger partial charge is 0.481 e. The highest BCUT2D eigenvalue weighted by Crippen LogP contribution is 2.56. The van der Waals surface area contributed by atoms with E-state index in [9.17, 15) is 14.7 Å². The lowest BCUT2D eigenvalue weighted by atomic mass is 9.65. The smallest absolute Gasteiger partial charge is 0.309 e. The summed E-state index contributed by atoms with van der Waals surface area (Å²) in [7, 11) is 0. The average molecular weight is 282 g/mol. The molecule has 0 bridgehead atoms. The van der Waals surface area contributed by atoms with Crippen molar-refractivity contribution in [3.63, 3.8) is 0 Å². The third-order valence-corrected chi connectivity index (χ3v) is 5.37. The van der Waals surface area contributed by atoms with Crippen molar-refractivity contribution >= 4 is 28.3 Å². The molecule has 0 radical (unpaired) electrons. The van der Waals surface area contributed by atoms with E-state index in [1.165, 1.54) is 11.3 Å². The van der Waals surface area contributed by atoms with Gasteiger partial charge < -0.3 is 10.4 Å². The molecule has 1 heterocycles. The van der Waals surface area contributed by atoms with Crippen molar-refractivity contribution in [2.45, 2.75) is 33.6 Å². The first kappa shape index (κ1) is 14.0. The van der Waals surface area contributed by atoms with Crippen molar-refractivity contribution in [1.29, 1.82) is 0 Å². The number of anilines is 1. The Kier molecular flexibility index (Phi) is 3.38. The van der Waals surface area contributed by atoms with Crippen LogP contribution in [0.25, 0.3) is 0 Å². The maximum atomic E-state index is 12.3. The highest BCUT2D eigenvalue weighted by molar-refractivity contribution is 7.13. The molecule has 0 saturated heterocycles. The molecule has 2 N–H and O–H groups in total. The van der Waals surface area contributed by atoms with Crippen LogP contribution < -0.4 is 5.32 Å². The van der Waals surface area contributed by atoms with E-state index >= 15 is 0 Å². The van der Waals surface area contributed by atoms with E-state index in [0.29, 0.717) is 18.0 Å². The fraction of sp³-hybridized carbons (Fsp3) is 0.615. The van der Waals surface area contributed by atoms with E-state index in [1.54, 1.807) is 18.5 Å². The van der Waals surface area contributed by atoms with Gasteiger partial charge in [0.2, 0.25) is 5.91 Å². The predicted molar refractivity (Wildman–Crippen MR) is 73.0 cm³/mol. The van der Waals surface area contributed by atoms with Crippen LogP contribution in [0.15, 0.2) is 11.6 Å². The Morgan fingerprint density at radius 1 is 1.47 bits per heavy atom. The number of rotatable bonds is 3. The number of carboxylic acids is 1. The molecular weight excluding hydrogens is 264 g/mol. The van der Waals surface area contributed by atoms with Gasteiger partial charge in [-0.05, 0) is 25.2 Å². The minimum absolute atomic E-state index is 0.134. The van der Waals surface area contributed by atoms with Gasteiger partial charge in [-0.25, -0.2) is 4.98 Å². The van der Waals surface area contributed by atoms with Gasteiger partial charge in [0, 0.05) is 17.5 Å². The van der Waals surface area contributed by atoms with Gasteiger partial charge in [-0.3, -0.25) is 9.59 Å². The summed E-state index contributed by atoms with van der Waals surface area (Å²) in [4.78, 5) is 27.8. The quantitative estimate of drug-likeness (QED) is 0.893. The summed E-state index contributed by atoms with van der Waals surface area (Å²) >= 11 is 1.36. The lowest BCUT2D eigenvalue weighted by Crippen LogP contribution is -2.43. The molecule has 6 heteroatoms. The first-order chi connectivity index (χ1) is 8.79. The highest BCUT2D eigenvalue weighted by Gasteiger charge is 2.58. The van der Waals surface area contributed by atoms with Gasteiger partial charge in [0.25, 0.3) is 0 Å². The second-order valence-corrected chi connectivity index (χ2v) is 6.67. The van der Waals surface area contributed by atoms with Gasteiger partial charge in [-0.2, -0.15) is 0 Å². The maximum Gasteiger partial charge on any atom is 0.309 e. The minimum Gasteiger partial charge on any atom is -0.481 e. The second-order valence-electron chi connectivity index (χ2n) is 5.78. The first-order valence-corrected chi connectivity index (χ1v) is 7.11. The van der Waals surface area contributed by atoms with Gasteiger partial charge in [0.15, 0.2) is 5.13 Å². The van der Waals surface area contributed by atoms with Crippen LogP contribution in [0.4, 0.5) is 5.13 Å². The van der Waals surface area contributed by atoms with E-state index < -0.39 is 16.8 Å². The van der Waals surface area contributed by atoms with Crippen LogP contribution in [0.3, 0.4) is 0 Å². The van der Waals surface area contributed by atoms with Crippen molar-refractivity contribution in [3.8, 4) is 0 Å². The molecule has 2 atom stereocenters. The summed E-state index contributed by atoms with van der Waals surface area (Å²) in [6.07, 6.45) is 2.74. The zero-order valence-electron chi connectivity index (χ0n) is 11.3. The van der Waals surface area contributed by atoms with Crippen LogP contribution in [0.1, 0.15) is 33.6 Å². The molecule has 1 amide bonds. The second kappa shape index (κ2) is 4.59. The molecule has 1 aromatic rings. The van der Waals surface area contributed by atoms with Gasteiger partial charge in [-0.1, -0.05) is 13.8 Å². The molecule has 1 aliphatic carbocycles. The van der Waals surface area contributed by atoms with Crippen LogP contribution in [0.2, 0.25) is 0 Å². The van der Waals surface area contributed by atoms with Gasteiger partial charge in [0.1, 0.15) is 0 Å². The zero-order valence-corrected chi connectivity index (χ0v) is 12.1. The molecule has 2 rings (SSSR count). The van der Waals surface area contributed by atoms with E-state index in [0.717, 1.165) is 0 Å². The van der Waals surface area contributed by atoms with E-state index in [2.05, 4.69) is 10.3 Å². The van der Waals surface area contributed by atoms with Crippen molar-refractivity contribution in [2.75, 3.05) is 5.32 Å². The molecule has 0 aliphatic heterocycles. The van der Waals surface area contributed by atoms with Crippen molar-refractivity contribution < 1.29 is 14.7 Å². The van der Waals surface area contributed by atoms with Crippen LogP contribution in [0.5, 0.6) is 0 Å². The number of aliphatic carboxylic acids is 1. The van der Waals surface area contributed by atoms with Crippen LogP contribution in [-0.4, -0.2) is 22.0 Å². The molecule has 1 aliphatic rings. The van der Waals surface area contributed by atoms with Crippen LogP contribution in [0, 0.1) is 16.7 Å². The molecular formula is C13H18N2O3S. The Bertz CT molecular complexity index is 498. The van der Waals surface area contributed by atoms with Crippen LogP contribution in [-0.2, 0) is 9.59 Å². The normalized spacial score (nSPS) is 29.1. The van der Waals surface area contributed by atoms with E-state index in [-0.39, 0.29) is 11.8 Å². The Morgan fingerprint density at radius 3 is 2.63 bits per heavy atom. The number of amides is 1. The van der Waals surface area contributed by atoms with Crippen molar-refractivity contribution in [2.24, 2.45) is 16.7 Å². The summed E-state index contributed by atoms with van der Waals surface area (Å²) in [5.74, 6) is -1.27. The number of carbonyl (C=O) groups excluding carboxylic acids is 1. The number of carboxylic acid groups (broad SMARTS) is 1. The third kappa shape index (κ3) is 2.14. The molecule has 104 valence electrons. The number of aromatic nitrogens is 1. The molecule has 0 spiro atoms. The summed E-state index contributed by atoms with van der Waals surface area (Å²) in [5.41, 5.74) is -1.45. The molecule has 1 saturated carbocycles. The molecule has 0 aromatic carbocycles. The lowest BCUT2D eigenvalue weighted by molar-refractivity contribution is -0.154. The standard InChI is InChI=1S/C13H18N2O3S/c1-12(2)8(4-5-13(12,3)10(17)18)9(16)15-11-14-6-7-19-11/h6-8H,4-5H2,1-3H3,(H,17,18)(H,14,15,16)/t8-,13-/m0/s1. The molecule has 1 aromatic heterocycles. The average Bonchev–Trinajstić information content (AvgIpc) is 2.87. The topological polar surface area (TPSA) is 79.3 Å². The number of nitrogens with zero attached hydrogens (tertiary/aromatic N) is 1. The number of thiazole rings is 1. The van der Waals surface area contributed by atoms with Gasteiger partial charge >= 0.3 is 5.97 Å². The van der Waals surface area contributed by atoms with Gasteiger partial charge in [0.05, 0.1) is 5.41 Å². The lowest BCUT2D eigenvalue weighted by Gasteiger charge is -2.37. The Balaban J connectivity index is 2.18. The summed E-state index contributed by atoms with van der Waals surface area (Å²) in [6.45, 7) is 5.45. The minimum atomic E-state index is -0.863. The van der Waals surface area contributed by atoms with E-state index in [1.807, 2.05) is 13.8 Å². The van der Waals surface area contributed by atoms with Crippen molar-refractivity contribution in [1.82, 2.24) is 4.98 Å². The molecule has 1 fully saturated rings. The monoisotopic (exact) mass is 282 g/mol. The first-order valence-electron chi connectivity index (χ1n) is 6.23. The Labute approximate surface area is 116 Å². The third-order valence-electron chi connectivity index (χ3n) is 4.68. The fourth-order valence-corrected chi connectivity index (χ4v) is 3.35. The predicted octanol–water partition coefficient (Wildman–Crippen LogP) is 2.61. The van der Waals surface area contributed by atoms with Gasteiger partial charge in [-0.15, -0.1) is 11.3 Å². The number of nitrogens with one attached hydrogen (secondary N) is 1. The summed E-state index contributed by atoms with van der Waals surface area (Å²) in [6, 6.07) is 0. The number of carbonyl (C=O) groups is 2. The number of hydrogen-bond acceptors (Lipinski definition) is 4. The van der Waals surface area contributed by atoms with E-state index in [4.69, 9.17) is 0 Å². The number of hydrogen-bond donors (Lipinski definition) is 2. The maximum absolute atomic E-state index is 12.3. The SMILES string of the molecule is CC1(C)[C@H](C(=O)Nc2nccs2)CC[C@@]1(C)C(=O)O. The zero-order chi connectivity index (χ0) is 14.3. The molecule has 0 unspecified atom stereocenters. The molecule has 5 nitrogen and oxygen atoms in total. The fourth-order valence-electron chi connectivity index (χ4n) is 2.82. The summed E-state index contributed by atoms with van der Waals surface area (Å²) < 4.78 is 0. The van der Waals surface area contributed by atoms with Crippen LogP contribution >= 0.6 is 11.3 Å². The summed E-state index contributed by atoms with van der Waals surface area (Å²) in [5, 5.41) is 14.5.